The van der Waals surface area contributed by atoms with Crippen LogP contribution in [0.3, 0.4) is 0 Å². The molecule has 0 aliphatic carbocycles. The molecule has 5 heteroatoms. The summed E-state index contributed by atoms with van der Waals surface area (Å²) in [4.78, 5) is 10.7. The number of hydrogen-bond donors (Lipinski definition) is 0. The predicted octanol–water partition coefficient (Wildman–Crippen LogP) is 4.21. The van der Waals surface area contributed by atoms with Gasteiger partial charge in [0, 0.05) is 61.5 Å². The Morgan fingerprint density at radius 1 is 1.18 bits per heavy atom. The first-order valence-corrected chi connectivity index (χ1v) is 10.7. The Morgan fingerprint density at radius 3 is 2.96 bits per heavy atom. The van der Waals surface area contributed by atoms with Crippen molar-refractivity contribution < 1.29 is 4.74 Å². The molecule has 1 aliphatic rings. The summed E-state index contributed by atoms with van der Waals surface area (Å²) in [6, 6.07) is 17.1. The summed E-state index contributed by atoms with van der Waals surface area (Å²) in [5.41, 5.74) is 3.78. The summed E-state index contributed by atoms with van der Waals surface area (Å²) in [7, 11) is 2.17. The zero-order valence-corrected chi connectivity index (χ0v) is 17.2. The molecular weight excluding hydrogens is 366 g/mol. The Balaban J connectivity index is 1.37. The van der Waals surface area contributed by atoms with Crippen molar-refractivity contribution >= 4 is 11.3 Å². The van der Waals surface area contributed by atoms with Gasteiger partial charge in [-0.3, -0.25) is 9.88 Å². The van der Waals surface area contributed by atoms with Crippen molar-refractivity contribution in [3.05, 3.63) is 81.8 Å². The standard InChI is InChI=1S/C23H27N3OS/c1-25(11-9-21-5-2-3-10-24-21)16-19-7-8-23-20(15-19)17-26(12-13-27-23)18-22-6-4-14-28-22/h2-8,10,14-15H,9,11-13,16-18H2,1H3. The summed E-state index contributed by atoms with van der Waals surface area (Å²) in [6.07, 6.45) is 2.84. The molecule has 1 aliphatic heterocycles. The van der Waals surface area contributed by atoms with Gasteiger partial charge in [0.1, 0.15) is 12.4 Å². The molecule has 4 nitrogen and oxygen atoms in total. The smallest absolute Gasteiger partial charge is 0.123 e. The maximum atomic E-state index is 6.00. The maximum Gasteiger partial charge on any atom is 0.123 e. The van der Waals surface area contributed by atoms with Crippen LogP contribution in [0.4, 0.5) is 0 Å². The molecule has 0 radical (unpaired) electrons. The van der Waals surface area contributed by atoms with Crippen LogP contribution < -0.4 is 4.74 Å². The summed E-state index contributed by atoms with van der Waals surface area (Å²) in [6.45, 7) is 5.58. The predicted molar refractivity (Wildman–Crippen MR) is 115 cm³/mol. The van der Waals surface area contributed by atoms with Crippen LogP contribution in [0.1, 0.15) is 21.7 Å². The van der Waals surface area contributed by atoms with Crippen LogP contribution >= 0.6 is 11.3 Å². The lowest BCUT2D eigenvalue weighted by molar-refractivity contribution is 0.221. The third kappa shape index (κ3) is 5.19. The van der Waals surface area contributed by atoms with E-state index in [4.69, 9.17) is 4.74 Å². The minimum absolute atomic E-state index is 0.752. The van der Waals surface area contributed by atoms with E-state index in [0.717, 1.165) is 57.2 Å². The van der Waals surface area contributed by atoms with Gasteiger partial charge >= 0.3 is 0 Å². The lowest BCUT2D eigenvalue weighted by atomic mass is 10.1. The molecule has 0 unspecified atom stereocenters. The van der Waals surface area contributed by atoms with Gasteiger partial charge in [-0.25, -0.2) is 0 Å². The fourth-order valence-electron chi connectivity index (χ4n) is 3.60. The molecular formula is C23H27N3OS. The summed E-state index contributed by atoms with van der Waals surface area (Å²) in [5.74, 6) is 1.04. The van der Waals surface area contributed by atoms with E-state index in [1.165, 1.54) is 16.0 Å². The third-order valence-corrected chi connectivity index (χ3v) is 5.93. The number of pyridine rings is 1. The van der Waals surface area contributed by atoms with E-state index in [9.17, 15) is 0 Å². The molecule has 0 spiro atoms. The van der Waals surface area contributed by atoms with Crippen LogP contribution in [-0.4, -0.2) is 41.5 Å². The zero-order valence-electron chi connectivity index (χ0n) is 16.4. The first-order valence-electron chi connectivity index (χ1n) is 9.84. The Morgan fingerprint density at radius 2 is 2.14 bits per heavy atom. The van der Waals surface area contributed by atoms with E-state index in [2.05, 4.69) is 69.7 Å². The molecule has 0 amide bonds. The second kappa shape index (κ2) is 9.32. The van der Waals surface area contributed by atoms with Gasteiger partial charge < -0.3 is 9.64 Å². The van der Waals surface area contributed by atoms with E-state index in [1.807, 2.05) is 23.6 Å². The Hall–Kier alpha value is -2.21. The molecule has 0 atom stereocenters. The highest BCUT2D eigenvalue weighted by atomic mass is 32.1. The number of benzene rings is 1. The van der Waals surface area contributed by atoms with Gasteiger partial charge in [-0.15, -0.1) is 11.3 Å². The van der Waals surface area contributed by atoms with Crippen molar-refractivity contribution in [2.75, 3.05) is 26.7 Å². The van der Waals surface area contributed by atoms with Crippen LogP contribution in [0, 0.1) is 0 Å². The number of likely N-dealkylation sites (N-methyl/N-ethyl adjacent to an activating group) is 1. The van der Waals surface area contributed by atoms with E-state index in [-0.39, 0.29) is 0 Å². The number of rotatable bonds is 7. The Bertz CT molecular complexity index is 867. The van der Waals surface area contributed by atoms with Gasteiger partial charge in [0.25, 0.3) is 0 Å². The van der Waals surface area contributed by atoms with E-state index < -0.39 is 0 Å². The minimum Gasteiger partial charge on any atom is -0.492 e. The number of ether oxygens (including phenoxy) is 1. The molecule has 2 aromatic heterocycles. The number of hydrogen-bond acceptors (Lipinski definition) is 5. The van der Waals surface area contributed by atoms with Crippen molar-refractivity contribution in [3.8, 4) is 5.75 Å². The van der Waals surface area contributed by atoms with Crippen LogP contribution in [0.15, 0.2) is 60.1 Å². The second-order valence-corrected chi connectivity index (χ2v) is 8.42. The highest BCUT2D eigenvalue weighted by molar-refractivity contribution is 7.09. The van der Waals surface area contributed by atoms with Crippen LogP contribution in [-0.2, 0) is 26.1 Å². The number of fused-ring (bicyclic) bond motifs is 1. The monoisotopic (exact) mass is 393 g/mol. The topological polar surface area (TPSA) is 28.6 Å². The van der Waals surface area contributed by atoms with Gasteiger partial charge in [0.05, 0.1) is 0 Å². The summed E-state index contributed by atoms with van der Waals surface area (Å²) in [5, 5.41) is 2.15. The maximum absolute atomic E-state index is 6.00. The lowest BCUT2D eigenvalue weighted by Gasteiger charge is -2.20. The molecule has 4 rings (SSSR count). The molecule has 28 heavy (non-hydrogen) atoms. The number of thiophene rings is 1. The average molecular weight is 394 g/mol. The number of nitrogens with zero attached hydrogens (tertiary/aromatic N) is 3. The fraction of sp³-hybridized carbons (Fsp3) is 0.348. The molecule has 0 saturated carbocycles. The average Bonchev–Trinajstić information content (AvgIpc) is 3.13. The zero-order chi connectivity index (χ0) is 19.2. The summed E-state index contributed by atoms with van der Waals surface area (Å²) >= 11 is 1.83. The van der Waals surface area contributed by atoms with Crippen molar-refractivity contribution in [2.45, 2.75) is 26.1 Å². The van der Waals surface area contributed by atoms with Crippen molar-refractivity contribution in [3.63, 3.8) is 0 Å². The highest BCUT2D eigenvalue weighted by Crippen LogP contribution is 2.26. The molecule has 0 bridgehead atoms. The van der Waals surface area contributed by atoms with E-state index >= 15 is 0 Å². The Kier molecular flexibility index (Phi) is 6.37. The van der Waals surface area contributed by atoms with Crippen LogP contribution in [0.5, 0.6) is 5.75 Å². The van der Waals surface area contributed by atoms with Gasteiger partial charge in [0.15, 0.2) is 0 Å². The SMILES string of the molecule is CN(CCc1ccccn1)Cc1ccc2c(c1)CN(Cc1cccs1)CCO2. The quantitative estimate of drug-likeness (QED) is 0.601. The van der Waals surface area contributed by atoms with Gasteiger partial charge in [-0.1, -0.05) is 18.2 Å². The fourth-order valence-corrected chi connectivity index (χ4v) is 4.35. The third-order valence-electron chi connectivity index (χ3n) is 5.07. The first-order chi connectivity index (χ1) is 13.8. The highest BCUT2D eigenvalue weighted by Gasteiger charge is 2.16. The normalized spacial score (nSPS) is 14.5. The van der Waals surface area contributed by atoms with Gasteiger partial charge in [0.2, 0.25) is 0 Å². The lowest BCUT2D eigenvalue weighted by Crippen LogP contribution is -2.25. The molecule has 0 N–H and O–H groups in total. The first kappa shape index (κ1) is 19.1. The molecule has 3 aromatic rings. The van der Waals surface area contributed by atoms with Crippen molar-refractivity contribution in [2.24, 2.45) is 0 Å². The molecule has 0 fully saturated rings. The number of aromatic nitrogens is 1. The molecule has 1 aromatic carbocycles. The van der Waals surface area contributed by atoms with E-state index in [1.54, 1.807) is 0 Å². The molecule has 146 valence electrons. The summed E-state index contributed by atoms with van der Waals surface area (Å²) < 4.78 is 6.00. The van der Waals surface area contributed by atoms with Crippen molar-refractivity contribution in [1.82, 2.24) is 14.8 Å². The second-order valence-electron chi connectivity index (χ2n) is 7.39. The Labute approximate surface area is 171 Å². The molecule has 0 saturated heterocycles. The van der Waals surface area contributed by atoms with Crippen LogP contribution in [0.2, 0.25) is 0 Å². The molecule has 3 heterocycles. The minimum atomic E-state index is 0.752. The largest absolute Gasteiger partial charge is 0.492 e. The van der Waals surface area contributed by atoms with E-state index in [0.29, 0.717) is 0 Å². The van der Waals surface area contributed by atoms with Crippen molar-refractivity contribution in [1.29, 1.82) is 0 Å². The van der Waals surface area contributed by atoms with Gasteiger partial charge in [-0.05, 0) is 48.3 Å². The van der Waals surface area contributed by atoms with Crippen LogP contribution in [0.25, 0.3) is 0 Å². The van der Waals surface area contributed by atoms with Gasteiger partial charge in [-0.2, -0.15) is 0 Å².